The summed E-state index contributed by atoms with van der Waals surface area (Å²) in [6.07, 6.45) is 2.75. The van der Waals surface area contributed by atoms with Crippen molar-refractivity contribution in [1.29, 1.82) is 0 Å². The summed E-state index contributed by atoms with van der Waals surface area (Å²) >= 11 is 0. The van der Waals surface area contributed by atoms with Crippen LogP contribution in [-0.4, -0.2) is 57.2 Å². The minimum atomic E-state index is -3.35. The van der Waals surface area contributed by atoms with Crippen LogP contribution >= 0.6 is 0 Å². The molecule has 1 N–H and O–H groups in total. The first kappa shape index (κ1) is 23.0. The predicted octanol–water partition coefficient (Wildman–Crippen LogP) is 2.97. The number of sulfone groups is 1. The highest BCUT2D eigenvalue weighted by Gasteiger charge is 2.25. The van der Waals surface area contributed by atoms with Gasteiger partial charge in [0, 0.05) is 30.7 Å². The molecular formula is C23H28N2O5S. The Morgan fingerprint density at radius 2 is 1.84 bits per heavy atom. The Morgan fingerprint density at radius 3 is 2.45 bits per heavy atom. The largest absolute Gasteiger partial charge is 0.376 e. The van der Waals surface area contributed by atoms with Gasteiger partial charge < -0.3 is 15.0 Å². The number of benzene rings is 2. The van der Waals surface area contributed by atoms with Crippen LogP contribution in [0.25, 0.3) is 0 Å². The van der Waals surface area contributed by atoms with Gasteiger partial charge in [0.25, 0.3) is 5.91 Å². The van der Waals surface area contributed by atoms with Crippen molar-refractivity contribution in [2.24, 2.45) is 0 Å². The van der Waals surface area contributed by atoms with E-state index in [1.807, 2.05) is 32.0 Å². The van der Waals surface area contributed by atoms with E-state index in [0.29, 0.717) is 24.4 Å². The summed E-state index contributed by atoms with van der Waals surface area (Å²) in [6, 6.07) is 11.4. The molecule has 166 valence electrons. The third-order valence-corrected chi connectivity index (χ3v) is 6.61. The van der Waals surface area contributed by atoms with Gasteiger partial charge in [-0.15, -0.1) is 0 Å². The molecule has 8 heteroatoms. The molecule has 7 nitrogen and oxygen atoms in total. The molecule has 2 amide bonds. The number of hydrogen-bond donors (Lipinski definition) is 1. The van der Waals surface area contributed by atoms with Gasteiger partial charge in [-0.3, -0.25) is 9.59 Å². The van der Waals surface area contributed by atoms with E-state index in [1.54, 1.807) is 0 Å². The third-order valence-electron chi connectivity index (χ3n) is 5.48. The zero-order chi connectivity index (χ0) is 22.6. The first-order chi connectivity index (χ1) is 14.6. The van der Waals surface area contributed by atoms with Crippen molar-refractivity contribution in [3.8, 4) is 0 Å². The first-order valence-corrected chi connectivity index (χ1v) is 12.1. The second-order valence-electron chi connectivity index (χ2n) is 7.91. The van der Waals surface area contributed by atoms with Crippen molar-refractivity contribution < 1.29 is 22.7 Å². The maximum absolute atomic E-state index is 13.1. The van der Waals surface area contributed by atoms with Gasteiger partial charge in [0.2, 0.25) is 5.91 Å². The van der Waals surface area contributed by atoms with E-state index in [9.17, 15) is 18.0 Å². The van der Waals surface area contributed by atoms with Gasteiger partial charge in [0.1, 0.15) is 6.54 Å². The maximum Gasteiger partial charge on any atom is 0.254 e. The van der Waals surface area contributed by atoms with Crippen LogP contribution in [0.15, 0.2) is 47.4 Å². The number of nitrogens with zero attached hydrogens (tertiary/aromatic N) is 1. The molecule has 0 bridgehead atoms. The van der Waals surface area contributed by atoms with Gasteiger partial charge in [-0.1, -0.05) is 12.1 Å². The van der Waals surface area contributed by atoms with Gasteiger partial charge in [0.05, 0.1) is 11.0 Å². The van der Waals surface area contributed by atoms with Crippen LogP contribution in [0.2, 0.25) is 0 Å². The highest BCUT2D eigenvalue weighted by Crippen LogP contribution is 2.19. The number of carbonyl (C=O) groups excluding carboxylic acids is 2. The molecule has 0 spiro atoms. The molecule has 1 atom stereocenters. The average Bonchev–Trinajstić information content (AvgIpc) is 3.23. The average molecular weight is 445 g/mol. The molecular weight excluding hydrogens is 416 g/mol. The second kappa shape index (κ2) is 9.62. The van der Waals surface area contributed by atoms with E-state index in [1.165, 1.54) is 29.2 Å². The molecule has 0 unspecified atom stereocenters. The Balaban J connectivity index is 1.77. The minimum absolute atomic E-state index is 0.118. The first-order valence-electron chi connectivity index (χ1n) is 10.2. The molecule has 1 saturated heterocycles. The summed E-state index contributed by atoms with van der Waals surface area (Å²) in [4.78, 5) is 27.5. The van der Waals surface area contributed by atoms with Gasteiger partial charge in [-0.2, -0.15) is 0 Å². The van der Waals surface area contributed by atoms with E-state index in [4.69, 9.17) is 4.74 Å². The topological polar surface area (TPSA) is 92.8 Å². The van der Waals surface area contributed by atoms with E-state index < -0.39 is 9.84 Å². The molecule has 0 aliphatic carbocycles. The smallest absolute Gasteiger partial charge is 0.254 e. The van der Waals surface area contributed by atoms with Crippen LogP contribution in [0.1, 0.15) is 34.3 Å². The SMILES string of the molecule is Cc1cccc(NC(=O)CN(C[C@H]2CCCO2)C(=O)c2ccc(S(C)(=O)=O)cc2)c1C. The van der Waals surface area contributed by atoms with Crippen molar-refractivity contribution in [2.75, 3.05) is 31.3 Å². The number of rotatable bonds is 7. The fourth-order valence-electron chi connectivity index (χ4n) is 3.53. The second-order valence-corrected chi connectivity index (χ2v) is 9.93. The summed E-state index contributed by atoms with van der Waals surface area (Å²) in [6.45, 7) is 4.72. The van der Waals surface area contributed by atoms with Crippen molar-refractivity contribution in [1.82, 2.24) is 4.90 Å². The molecule has 2 aromatic rings. The Morgan fingerprint density at radius 1 is 1.13 bits per heavy atom. The van der Waals surface area contributed by atoms with E-state index in [0.717, 1.165) is 30.2 Å². The number of amides is 2. The Labute approximate surface area is 183 Å². The summed E-state index contributed by atoms with van der Waals surface area (Å²) in [5.41, 5.74) is 3.08. The molecule has 3 rings (SSSR count). The summed E-state index contributed by atoms with van der Waals surface area (Å²) in [5.74, 6) is -0.639. The number of ether oxygens (including phenoxy) is 1. The van der Waals surface area contributed by atoms with Crippen LogP contribution in [0.5, 0.6) is 0 Å². The number of anilines is 1. The normalized spacial score (nSPS) is 16.2. The van der Waals surface area contributed by atoms with E-state index >= 15 is 0 Å². The van der Waals surface area contributed by atoms with Crippen LogP contribution in [0.3, 0.4) is 0 Å². The zero-order valence-electron chi connectivity index (χ0n) is 18.1. The molecule has 1 heterocycles. The molecule has 2 aromatic carbocycles. The van der Waals surface area contributed by atoms with Gasteiger partial charge in [-0.05, 0) is 68.1 Å². The van der Waals surface area contributed by atoms with Crippen LogP contribution in [-0.2, 0) is 19.4 Å². The lowest BCUT2D eigenvalue weighted by molar-refractivity contribution is -0.117. The van der Waals surface area contributed by atoms with Crippen LogP contribution in [0.4, 0.5) is 5.69 Å². The summed E-state index contributed by atoms with van der Waals surface area (Å²) in [5, 5.41) is 2.89. The number of hydrogen-bond acceptors (Lipinski definition) is 5. The molecule has 1 aliphatic heterocycles. The standard InChI is InChI=1S/C23H28N2O5S/c1-16-6-4-8-21(17(16)2)24-22(26)15-25(14-19-7-5-13-30-19)23(27)18-9-11-20(12-10-18)31(3,28)29/h4,6,8-12,19H,5,7,13-15H2,1-3H3,(H,24,26)/t19-/m1/s1. The van der Waals surface area contributed by atoms with E-state index in [-0.39, 0.29) is 29.4 Å². The fourth-order valence-corrected chi connectivity index (χ4v) is 4.16. The highest BCUT2D eigenvalue weighted by atomic mass is 32.2. The number of nitrogens with one attached hydrogen (secondary N) is 1. The lowest BCUT2D eigenvalue weighted by Crippen LogP contribution is -2.42. The number of carbonyl (C=O) groups is 2. The summed E-state index contributed by atoms with van der Waals surface area (Å²) < 4.78 is 29.0. The molecule has 0 aromatic heterocycles. The minimum Gasteiger partial charge on any atom is -0.376 e. The Hall–Kier alpha value is -2.71. The van der Waals surface area contributed by atoms with Crippen LogP contribution in [0, 0.1) is 13.8 Å². The molecule has 0 radical (unpaired) electrons. The summed E-state index contributed by atoms with van der Waals surface area (Å²) in [7, 11) is -3.35. The molecule has 1 fully saturated rings. The highest BCUT2D eigenvalue weighted by molar-refractivity contribution is 7.90. The quantitative estimate of drug-likeness (QED) is 0.709. The lowest BCUT2D eigenvalue weighted by atomic mass is 10.1. The van der Waals surface area contributed by atoms with Crippen molar-refractivity contribution in [3.63, 3.8) is 0 Å². The maximum atomic E-state index is 13.1. The monoisotopic (exact) mass is 444 g/mol. The van der Waals surface area contributed by atoms with Crippen molar-refractivity contribution >= 4 is 27.3 Å². The molecule has 1 aliphatic rings. The van der Waals surface area contributed by atoms with Crippen LogP contribution < -0.4 is 5.32 Å². The Bertz CT molecular complexity index is 1060. The zero-order valence-corrected chi connectivity index (χ0v) is 18.9. The molecule has 0 saturated carbocycles. The van der Waals surface area contributed by atoms with Gasteiger partial charge in [-0.25, -0.2) is 8.42 Å². The van der Waals surface area contributed by atoms with Gasteiger partial charge >= 0.3 is 0 Å². The van der Waals surface area contributed by atoms with Crippen molar-refractivity contribution in [3.05, 3.63) is 59.2 Å². The van der Waals surface area contributed by atoms with Crippen molar-refractivity contribution in [2.45, 2.75) is 37.7 Å². The van der Waals surface area contributed by atoms with E-state index in [2.05, 4.69) is 5.32 Å². The molecule has 31 heavy (non-hydrogen) atoms. The Kier molecular flexibility index (Phi) is 7.12. The predicted molar refractivity (Wildman–Crippen MR) is 119 cm³/mol. The number of aryl methyl sites for hydroxylation is 1. The lowest BCUT2D eigenvalue weighted by Gasteiger charge is -2.25. The third kappa shape index (κ3) is 5.92. The van der Waals surface area contributed by atoms with Gasteiger partial charge in [0.15, 0.2) is 9.84 Å². The fraction of sp³-hybridized carbons (Fsp3) is 0.391.